The maximum atomic E-state index is 12.5. The van der Waals surface area contributed by atoms with E-state index in [-0.39, 0.29) is 11.9 Å². The highest BCUT2D eigenvalue weighted by Crippen LogP contribution is 2.24. The Morgan fingerprint density at radius 1 is 1.14 bits per heavy atom. The van der Waals surface area contributed by atoms with Crippen LogP contribution in [0.2, 0.25) is 0 Å². The Balaban J connectivity index is 1.78. The SMILES string of the molecule is CN1CCN(C(=O)c2ccnnc2)C[C@H]1c1ccccc1. The maximum absolute atomic E-state index is 12.5. The molecule has 1 amide bonds. The van der Waals surface area contributed by atoms with Gasteiger partial charge in [-0.25, -0.2) is 0 Å². The zero-order chi connectivity index (χ0) is 14.7. The van der Waals surface area contributed by atoms with Gasteiger partial charge in [-0.2, -0.15) is 10.2 Å². The predicted octanol–water partition coefficient (Wildman–Crippen LogP) is 1.61. The Bertz CT molecular complexity index is 602. The molecule has 0 radical (unpaired) electrons. The second-order valence-corrected chi connectivity index (χ2v) is 5.29. The van der Waals surface area contributed by atoms with Gasteiger partial charge in [-0.15, -0.1) is 0 Å². The molecule has 108 valence electrons. The van der Waals surface area contributed by atoms with Crippen LogP contribution in [-0.4, -0.2) is 52.6 Å². The molecule has 5 nitrogen and oxygen atoms in total. The quantitative estimate of drug-likeness (QED) is 0.839. The van der Waals surface area contributed by atoms with Crippen molar-refractivity contribution >= 4 is 5.91 Å². The lowest BCUT2D eigenvalue weighted by Gasteiger charge is -2.39. The second kappa shape index (κ2) is 6.01. The Morgan fingerprint density at radius 3 is 2.67 bits per heavy atom. The first-order chi connectivity index (χ1) is 10.3. The molecule has 5 heteroatoms. The summed E-state index contributed by atoms with van der Waals surface area (Å²) in [4.78, 5) is 16.7. The summed E-state index contributed by atoms with van der Waals surface area (Å²) in [5.74, 6) is 0.0268. The summed E-state index contributed by atoms with van der Waals surface area (Å²) in [7, 11) is 2.10. The van der Waals surface area contributed by atoms with E-state index in [4.69, 9.17) is 0 Å². The molecule has 2 aromatic rings. The van der Waals surface area contributed by atoms with Crippen molar-refractivity contribution in [3.8, 4) is 0 Å². The van der Waals surface area contributed by atoms with Crippen LogP contribution in [0.5, 0.6) is 0 Å². The van der Waals surface area contributed by atoms with Crippen molar-refractivity contribution in [2.24, 2.45) is 0 Å². The highest BCUT2D eigenvalue weighted by molar-refractivity contribution is 5.93. The third-order valence-electron chi connectivity index (χ3n) is 3.95. The minimum Gasteiger partial charge on any atom is -0.335 e. The highest BCUT2D eigenvalue weighted by atomic mass is 16.2. The summed E-state index contributed by atoms with van der Waals surface area (Å²) in [5.41, 5.74) is 1.84. The molecular formula is C16H18N4O. The van der Waals surface area contributed by atoms with E-state index < -0.39 is 0 Å². The normalized spacial score (nSPS) is 19.5. The van der Waals surface area contributed by atoms with Crippen LogP contribution in [0, 0.1) is 0 Å². The average molecular weight is 282 g/mol. The molecule has 0 aliphatic carbocycles. The van der Waals surface area contributed by atoms with Crippen LogP contribution in [-0.2, 0) is 0 Å². The molecule has 3 rings (SSSR count). The Hall–Kier alpha value is -2.27. The monoisotopic (exact) mass is 282 g/mol. The van der Waals surface area contributed by atoms with Crippen molar-refractivity contribution in [1.82, 2.24) is 20.0 Å². The standard InChI is InChI=1S/C16H18N4O/c1-19-9-10-20(16(21)14-7-8-17-18-11-14)12-15(19)13-5-3-2-4-6-13/h2-8,11,15H,9-10,12H2,1H3/t15-/m0/s1. The molecule has 0 spiro atoms. The first-order valence-corrected chi connectivity index (χ1v) is 7.07. The van der Waals surface area contributed by atoms with E-state index in [9.17, 15) is 4.79 Å². The summed E-state index contributed by atoms with van der Waals surface area (Å²) in [6.45, 7) is 2.30. The summed E-state index contributed by atoms with van der Waals surface area (Å²) in [6.07, 6.45) is 3.08. The average Bonchev–Trinajstić information content (AvgIpc) is 2.56. The number of aromatic nitrogens is 2. The number of benzene rings is 1. The van der Waals surface area contributed by atoms with E-state index >= 15 is 0 Å². The van der Waals surface area contributed by atoms with Crippen molar-refractivity contribution in [3.05, 3.63) is 59.9 Å². The van der Waals surface area contributed by atoms with E-state index in [2.05, 4.69) is 34.3 Å². The van der Waals surface area contributed by atoms with E-state index in [1.165, 1.54) is 11.8 Å². The van der Waals surface area contributed by atoms with Gasteiger partial charge < -0.3 is 4.90 Å². The van der Waals surface area contributed by atoms with Gasteiger partial charge >= 0.3 is 0 Å². The lowest BCUT2D eigenvalue weighted by Crippen LogP contribution is -2.49. The van der Waals surface area contributed by atoms with Crippen LogP contribution in [0.4, 0.5) is 0 Å². The molecule has 21 heavy (non-hydrogen) atoms. The van der Waals surface area contributed by atoms with Gasteiger partial charge in [-0.3, -0.25) is 9.69 Å². The van der Waals surface area contributed by atoms with Gasteiger partial charge in [0.2, 0.25) is 0 Å². The molecule has 1 fully saturated rings. The van der Waals surface area contributed by atoms with Gasteiger partial charge in [-0.05, 0) is 18.7 Å². The molecule has 1 aromatic carbocycles. The van der Waals surface area contributed by atoms with Crippen molar-refractivity contribution < 1.29 is 4.79 Å². The van der Waals surface area contributed by atoms with Gasteiger partial charge in [-0.1, -0.05) is 30.3 Å². The van der Waals surface area contributed by atoms with Gasteiger partial charge in [0.1, 0.15) is 0 Å². The maximum Gasteiger partial charge on any atom is 0.255 e. The van der Waals surface area contributed by atoms with Crippen molar-refractivity contribution in [2.75, 3.05) is 26.7 Å². The second-order valence-electron chi connectivity index (χ2n) is 5.29. The fraction of sp³-hybridized carbons (Fsp3) is 0.312. The van der Waals surface area contributed by atoms with Crippen LogP contribution < -0.4 is 0 Å². The Kier molecular flexibility index (Phi) is 3.92. The zero-order valence-electron chi connectivity index (χ0n) is 12.0. The summed E-state index contributed by atoms with van der Waals surface area (Å²) >= 11 is 0. The molecule has 2 heterocycles. The summed E-state index contributed by atoms with van der Waals surface area (Å²) < 4.78 is 0. The number of carbonyl (C=O) groups excluding carboxylic acids is 1. The summed E-state index contributed by atoms with van der Waals surface area (Å²) in [6, 6.07) is 12.3. The third kappa shape index (κ3) is 2.92. The number of amides is 1. The predicted molar refractivity (Wildman–Crippen MR) is 79.7 cm³/mol. The van der Waals surface area contributed by atoms with Crippen LogP contribution >= 0.6 is 0 Å². The molecule has 0 saturated carbocycles. The minimum absolute atomic E-state index is 0.0268. The van der Waals surface area contributed by atoms with Gasteiger partial charge in [0.25, 0.3) is 5.91 Å². The first-order valence-electron chi connectivity index (χ1n) is 7.07. The Labute approximate surface area is 124 Å². The number of carbonyl (C=O) groups is 1. The van der Waals surface area contributed by atoms with Crippen LogP contribution in [0.3, 0.4) is 0 Å². The van der Waals surface area contributed by atoms with Crippen LogP contribution in [0.25, 0.3) is 0 Å². The number of hydrogen-bond donors (Lipinski definition) is 0. The van der Waals surface area contributed by atoms with E-state index in [0.717, 1.165) is 13.1 Å². The zero-order valence-corrected chi connectivity index (χ0v) is 12.0. The number of hydrogen-bond acceptors (Lipinski definition) is 4. The van der Waals surface area contributed by atoms with Gasteiger partial charge in [0.15, 0.2) is 0 Å². The van der Waals surface area contributed by atoms with Gasteiger partial charge in [0.05, 0.1) is 24.0 Å². The molecule has 1 saturated heterocycles. The molecule has 1 atom stereocenters. The van der Waals surface area contributed by atoms with Crippen LogP contribution in [0.1, 0.15) is 22.0 Å². The molecule has 0 bridgehead atoms. The lowest BCUT2D eigenvalue weighted by molar-refractivity contribution is 0.0545. The van der Waals surface area contributed by atoms with Crippen LogP contribution in [0.15, 0.2) is 48.8 Å². The Morgan fingerprint density at radius 2 is 1.95 bits per heavy atom. The van der Waals surface area contributed by atoms with Crippen molar-refractivity contribution in [3.63, 3.8) is 0 Å². The van der Waals surface area contributed by atoms with Gasteiger partial charge in [0, 0.05) is 19.6 Å². The molecule has 1 aliphatic rings. The smallest absolute Gasteiger partial charge is 0.255 e. The molecule has 0 unspecified atom stereocenters. The largest absolute Gasteiger partial charge is 0.335 e. The number of nitrogens with zero attached hydrogens (tertiary/aromatic N) is 4. The summed E-state index contributed by atoms with van der Waals surface area (Å²) in [5, 5.41) is 7.50. The fourth-order valence-electron chi connectivity index (χ4n) is 2.69. The topological polar surface area (TPSA) is 49.3 Å². The molecule has 0 N–H and O–H groups in total. The lowest BCUT2D eigenvalue weighted by atomic mass is 10.0. The highest BCUT2D eigenvalue weighted by Gasteiger charge is 2.28. The number of piperazine rings is 1. The minimum atomic E-state index is 0.0268. The number of rotatable bonds is 2. The number of likely N-dealkylation sites (N-methyl/N-ethyl adjacent to an activating group) is 1. The van der Waals surface area contributed by atoms with E-state index in [0.29, 0.717) is 12.1 Å². The van der Waals surface area contributed by atoms with E-state index in [1.807, 2.05) is 23.1 Å². The molecule has 1 aromatic heterocycles. The van der Waals surface area contributed by atoms with E-state index in [1.54, 1.807) is 12.3 Å². The first kappa shape index (κ1) is 13.7. The third-order valence-corrected chi connectivity index (χ3v) is 3.95. The molecular weight excluding hydrogens is 264 g/mol. The van der Waals surface area contributed by atoms with Crippen molar-refractivity contribution in [2.45, 2.75) is 6.04 Å². The fourth-order valence-corrected chi connectivity index (χ4v) is 2.69. The van der Waals surface area contributed by atoms with Crippen molar-refractivity contribution in [1.29, 1.82) is 0 Å². The molecule has 1 aliphatic heterocycles.